The van der Waals surface area contributed by atoms with Crippen molar-refractivity contribution in [1.82, 2.24) is 10.2 Å². The monoisotopic (exact) mass is 358 g/mol. The molecule has 1 heterocycles. The molecule has 1 saturated carbocycles. The summed E-state index contributed by atoms with van der Waals surface area (Å²) >= 11 is 0. The van der Waals surface area contributed by atoms with Crippen molar-refractivity contribution >= 4 is 11.8 Å². The van der Waals surface area contributed by atoms with Gasteiger partial charge in [0, 0.05) is 25.0 Å². The van der Waals surface area contributed by atoms with Gasteiger partial charge in [-0.1, -0.05) is 37.0 Å². The summed E-state index contributed by atoms with van der Waals surface area (Å²) in [6.45, 7) is 3.35. The molecule has 0 radical (unpaired) electrons. The molecule has 1 aliphatic heterocycles. The van der Waals surface area contributed by atoms with E-state index in [9.17, 15) is 9.59 Å². The zero-order valence-corrected chi connectivity index (χ0v) is 15.7. The number of piperidine rings is 1. The molecule has 1 saturated heterocycles. The number of hydrogen-bond acceptors (Lipinski definition) is 3. The van der Waals surface area contributed by atoms with Gasteiger partial charge < -0.3 is 15.0 Å². The zero-order chi connectivity index (χ0) is 18.4. The van der Waals surface area contributed by atoms with Crippen LogP contribution < -0.4 is 10.1 Å². The summed E-state index contributed by atoms with van der Waals surface area (Å²) in [6, 6.07) is 8.06. The SMILES string of the molecule is Cc1ccc(OCC(=O)N2CCC(C(=O)NC3CCCCC3)CC2)cc1. The topological polar surface area (TPSA) is 58.6 Å². The van der Waals surface area contributed by atoms with Crippen molar-refractivity contribution in [3.63, 3.8) is 0 Å². The Balaban J connectivity index is 1.39. The molecule has 0 spiro atoms. The number of hydrogen-bond donors (Lipinski definition) is 1. The van der Waals surface area contributed by atoms with Gasteiger partial charge in [0.1, 0.15) is 5.75 Å². The van der Waals surface area contributed by atoms with Crippen LogP contribution in [0.2, 0.25) is 0 Å². The third-order valence-electron chi connectivity index (χ3n) is 5.55. The number of amides is 2. The molecule has 2 fully saturated rings. The van der Waals surface area contributed by atoms with Crippen LogP contribution in [-0.2, 0) is 9.59 Å². The number of likely N-dealkylation sites (tertiary alicyclic amines) is 1. The molecule has 1 N–H and O–H groups in total. The van der Waals surface area contributed by atoms with Gasteiger partial charge in [-0.15, -0.1) is 0 Å². The summed E-state index contributed by atoms with van der Waals surface area (Å²) in [4.78, 5) is 26.6. The van der Waals surface area contributed by atoms with Crippen molar-refractivity contribution in [2.45, 2.75) is 57.9 Å². The van der Waals surface area contributed by atoms with E-state index in [0.29, 0.717) is 24.9 Å². The van der Waals surface area contributed by atoms with E-state index in [2.05, 4.69) is 5.32 Å². The maximum absolute atomic E-state index is 12.4. The highest BCUT2D eigenvalue weighted by Gasteiger charge is 2.28. The Morgan fingerprint density at radius 3 is 2.35 bits per heavy atom. The molecule has 0 atom stereocenters. The number of nitrogens with zero attached hydrogens (tertiary/aromatic N) is 1. The van der Waals surface area contributed by atoms with Gasteiger partial charge >= 0.3 is 0 Å². The van der Waals surface area contributed by atoms with Crippen molar-refractivity contribution in [1.29, 1.82) is 0 Å². The van der Waals surface area contributed by atoms with Gasteiger partial charge in [-0.25, -0.2) is 0 Å². The Morgan fingerprint density at radius 2 is 1.69 bits per heavy atom. The largest absolute Gasteiger partial charge is 0.484 e. The van der Waals surface area contributed by atoms with E-state index >= 15 is 0 Å². The van der Waals surface area contributed by atoms with Gasteiger partial charge in [0.2, 0.25) is 5.91 Å². The Bertz CT molecular complexity index is 600. The minimum Gasteiger partial charge on any atom is -0.484 e. The van der Waals surface area contributed by atoms with Gasteiger partial charge in [0.15, 0.2) is 6.61 Å². The molecular weight excluding hydrogens is 328 g/mol. The number of benzene rings is 1. The number of carbonyl (C=O) groups excluding carboxylic acids is 2. The van der Waals surface area contributed by atoms with Crippen LogP contribution in [0.15, 0.2) is 24.3 Å². The van der Waals surface area contributed by atoms with E-state index in [-0.39, 0.29) is 24.3 Å². The Labute approximate surface area is 156 Å². The molecule has 2 aliphatic rings. The minimum atomic E-state index is -0.00304. The lowest BCUT2D eigenvalue weighted by Gasteiger charge is -2.32. The Hall–Kier alpha value is -2.04. The third kappa shape index (κ3) is 5.23. The van der Waals surface area contributed by atoms with Gasteiger partial charge in [-0.3, -0.25) is 9.59 Å². The second kappa shape index (κ2) is 9.06. The van der Waals surface area contributed by atoms with Crippen molar-refractivity contribution in [3.05, 3.63) is 29.8 Å². The zero-order valence-electron chi connectivity index (χ0n) is 15.7. The van der Waals surface area contributed by atoms with Crippen LogP contribution in [0.5, 0.6) is 5.75 Å². The van der Waals surface area contributed by atoms with Crippen molar-refractivity contribution in [3.8, 4) is 5.75 Å². The van der Waals surface area contributed by atoms with Gasteiger partial charge in [-0.2, -0.15) is 0 Å². The summed E-state index contributed by atoms with van der Waals surface area (Å²) in [5.41, 5.74) is 1.16. The average Bonchev–Trinajstić information content (AvgIpc) is 2.68. The first-order chi connectivity index (χ1) is 12.6. The minimum absolute atomic E-state index is 0.00304. The van der Waals surface area contributed by atoms with E-state index in [0.717, 1.165) is 31.2 Å². The smallest absolute Gasteiger partial charge is 0.260 e. The first-order valence-electron chi connectivity index (χ1n) is 9.89. The average molecular weight is 358 g/mol. The highest BCUT2D eigenvalue weighted by molar-refractivity contribution is 5.80. The van der Waals surface area contributed by atoms with Crippen molar-refractivity contribution < 1.29 is 14.3 Å². The number of carbonyl (C=O) groups is 2. The summed E-state index contributed by atoms with van der Waals surface area (Å²) in [5.74, 6) is 0.932. The molecule has 1 aliphatic carbocycles. The van der Waals surface area contributed by atoms with E-state index in [1.54, 1.807) is 0 Å². The van der Waals surface area contributed by atoms with E-state index in [1.807, 2.05) is 36.1 Å². The maximum Gasteiger partial charge on any atom is 0.260 e. The van der Waals surface area contributed by atoms with Crippen LogP contribution in [0.25, 0.3) is 0 Å². The fourth-order valence-electron chi connectivity index (χ4n) is 3.83. The summed E-state index contributed by atoms with van der Waals surface area (Å²) in [7, 11) is 0. The molecule has 1 aromatic carbocycles. The van der Waals surface area contributed by atoms with E-state index < -0.39 is 0 Å². The highest BCUT2D eigenvalue weighted by atomic mass is 16.5. The fourth-order valence-corrected chi connectivity index (χ4v) is 3.83. The molecule has 0 aromatic heterocycles. The first-order valence-corrected chi connectivity index (χ1v) is 9.89. The quantitative estimate of drug-likeness (QED) is 0.880. The third-order valence-corrected chi connectivity index (χ3v) is 5.55. The number of rotatable bonds is 5. The predicted octanol–water partition coefficient (Wildman–Crippen LogP) is 3.06. The molecular formula is C21H30N2O3. The molecule has 2 amide bonds. The number of aryl methyl sites for hydroxylation is 1. The molecule has 5 nitrogen and oxygen atoms in total. The number of ether oxygens (including phenoxy) is 1. The van der Waals surface area contributed by atoms with Gasteiger partial charge in [-0.05, 0) is 44.7 Å². The lowest BCUT2D eigenvalue weighted by molar-refractivity contribution is -0.137. The second-order valence-corrected chi connectivity index (χ2v) is 7.60. The first kappa shape index (κ1) is 18.7. The van der Waals surface area contributed by atoms with Gasteiger partial charge in [0.05, 0.1) is 0 Å². The lowest BCUT2D eigenvalue weighted by Crippen LogP contribution is -2.46. The summed E-state index contributed by atoms with van der Waals surface area (Å²) < 4.78 is 5.58. The van der Waals surface area contributed by atoms with E-state index in [1.165, 1.54) is 19.3 Å². The number of nitrogens with one attached hydrogen (secondary N) is 1. The lowest BCUT2D eigenvalue weighted by atomic mass is 9.92. The fraction of sp³-hybridized carbons (Fsp3) is 0.619. The normalized spacial score (nSPS) is 19.2. The van der Waals surface area contributed by atoms with Crippen molar-refractivity contribution in [2.75, 3.05) is 19.7 Å². The predicted molar refractivity (Wildman–Crippen MR) is 101 cm³/mol. The maximum atomic E-state index is 12.4. The van der Waals surface area contributed by atoms with Crippen LogP contribution >= 0.6 is 0 Å². The molecule has 26 heavy (non-hydrogen) atoms. The molecule has 3 rings (SSSR count). The van der Waals surface area contributed by atoms with Crippen LogP contribution in [-0.4, -0.2) is 42.5 Å². The second-order valence-electron chi connectivity index (χ2n) is 7.60. The summed E-state index contributed by atoms with van der Waals surface area (Å²) in [5, 5.41) is 3.22. The molecule has 0 unspecified atom stereocenters. The Kier molecular flexibility index (Phi) is 6.53. The van der Waals surface area contributed by atoms with E-state index in [4.69, 9.17) is 4.74 Å². The van der Waals surface area contributed by atoms with Crippen LogP contribution in [0.3, 0.4) is 0 Å². The van der Waals surface area contributed by atoms with Crippen LogP contribution in [0.1, 0.15) is 50.5 Å². The molecule has 0 bridgehead atoms. The Morgan fingerprint density at radius 1 is 1.04 bits per heavy atom. The standard InChI is InChI=1S/C21H30N2O3/c1-16-7-9-19(10-8-16)26-15-20(24)23-13-11-17(12-14-23)21(25)22-18-5-3-2-4-6-18/h7-10,17-18H,2-6,11-15H2,1H3,(H,22,25). The summed E-state index contributed by atoms with van der Waals surface area (Å²) in [6.07, 6.45) is 7.44. The molecule has 142 valence electrons. The van der Waals surface area contributed by atoms with Crippen LogP contribution in [0.4, 0.5) is 0 Å². The molecule has 5 heteroatoms. The van der Waals surface area contributed by atoms with Crippen molar-refractivity contribution in [2.24, 2.45) is 5.92 Å². The molecule has 1 aromatic rings. The van der Waals surface area contributed by atoms with Crippen LogP contribution in [0, 0.1) is 12.8 Å². The highest BCUT2D eigenvalue weighted by Crippen LogP contribution is 2.21. The van der Waals surface area contributed by atoms with Gasteiger partial charge in [0.25, 0.3) is 5.91 Å².